The Hall–Kier alpha value is -1.95. The molecular formula is C14H14BrN5. The molecule has 0 aliphatic rings. The maximum atomic E-state index is 5.94. The lowest BCUT2D eigenvalue weighted by Gasteiger charge is -2.07. The molecule has 3 heterocycles. The van der Waals surface area contributed by atoms with Gasteiger partial charge >= 0.3 is 0 Å². The van der Waals surface area contributed by atoms with Crippen LogP contribution >= 0.6 is 16.1 Å². The number of hydrogen-bond acceptors (Lipinski definition) is 4. The zero-order valence-corrected chi connectivity index (χ0v) is 12.6. The number of fused-ring (bicyclic) bond motifs is 1. The van der Waals surface area contributed by atoms with E-state index in [1.807, 2.05) is 28.7 Å². The first-order valence-electron chi connectivity index (χ1n) is 6.35. The van der Waals surface area contributed by atoms with Crippen LogP contribution < -0.4 is 5.73 Å². The molecule has 3 aromatic heterocycles. The number of pyridine rings is 2. The third-order valence-electron chi connectivity index (χ3n) is 3.35. The number of anilines is 1. The lowest BCUT2D eigenvalue weighted by molar-refractivity contribution is 0.869. The number of nitrogens with zero attached hydrogens (tertiary/aromatic N) is 4. The Kier molecular flexibility index (Phi) is 3.40. The highest BCUT2D eigenvalue weighted by atomic mass is 79.9. The van der Waals surface area contributed by atoms with Crippen LogP contribution in [-0.2, 0) is 12.8 Å². The summed E-state index contributed by atoms with van der Waals surface area (Å²) in [5, 5.41) is 0. The molecule has 0 aromatic carbocycles. The van der Waals surface area contributed by atoms with Crippen LogP contribution in [0, 0.1) is 6.92 Å². The summed E-state index contributed by atoms with van der Waals surface area (Å²) in [6.07, 6.45) is 5.07. The molecule has 0 amide bonds. The van der Waals surface area contributed by atoms with Gasteiger partial charge in [0.25, 0.3) is 0 Å². The van der Waals surface area contributed by atoms with Gasteiger partial charge in [-0.1, -0.05) is 0 Å². The number of nitrogens with two attached hydrogens (primary N) is 1. The second kappa shape index (κ2) is 5.20. The van der Waals surface area contributed by atoms with E-state index in [9.17, 15) is 0 Å². The Bertz CT molecular complexity index is 745. The summed E-state index contributed by atoms with van der Waals surface area (Å²) in [4.78, 5) is 13.0. The molecule has 0 saturated carbocycles. The minimum absolute atomic E-state index is 0.598. The standard InChI is InChI=1S/C14H14BrN5/c1-9-6-8-17-13(16)10(9)4-5-12-19-11-3-2-7-18-14(11)20(12)15/h2-3,6-8H,4-5H2,1H3,(H2,16,17). The number of halogens is 1. The molecule has 6 heteroatoms. The fraction of sp³-hybridized carbons (Fsp3) is 0.214. The van der Waals surface area contributed by atoms with Crippen LogP contribution in [0.3, 0.4) is 0 Å². The number of aryl methyl sites for hydroxylation is 2. The van der Waals surface area contributed by atoms with Crippen LogP contribution in [0.25, 0.3) is 11.2 Å². The fourth-order valence-electron chi connectivity index (χ4n) is 2.26. The third kappa shape index (κ3) is 2.27. The van der Waals surface area contributed by atoms with Crippen molar-refractivity contribution in [1.82, 2.24) is 18.5 Å². The quantitative estimate of drug-likeness (QED) is 0.801. The molecule has 0 aliphatic carbocycles. The van der Waals surface area contributed by atoms with Crippen LogP contribution in [0.5, 0.6) is 0 Å². The number of hydrogen-bond donors (Lipinski definition) is 1. The van der Waals surface area contributed by atoms with Crippen LogP contribution in [0.1, 0.15) is 17.0 Å². The van der Waals surface area contributed by atoms with E-state index in [2.05, 4.69) is 31.1 Å². The van der Waals surface area contributed by atoms with Gasteiger partial charge in [-0.25, -0.2) is 18.5 Å². The van der Waals surface area contributed by atoms with Crippen molar-refractivity contribution in [2.45, 2.75) is 19.8 Å². The molecule has 102 valence electrons. The number of nitrogen functional groups attached to an aromatic ring is 1. The van der Waals surface area contributed by atoms with Crippen LogP contribution in [0.4, 0.5) is 5.82 Å². The van der Waals surface area contributed by atoms with Crippen molar-refractivity contribution >= 4 is 33.1 Å². The predicted molar refractivity (Wildman–Crippen MR) is 82.6 cm³/mol. The minimum atomic E-state index is 0.598. The van der Waals surface area contributed by atoms with Crippen LogP contribution in [-0.4, -0.2) is 18.5 Å². The van der Waals surface area contributed by atoms with Gasteiger partial charge in [-0.2, -0.15) is 0 Å². The lowest BCUT2D eigenvalue weighted by atomic mass is 10.1. The molecule has 20 heavy (non-hydrogen) atoms. The van der Waals surface area contributed by atoms with Crippen molar-refractivity contribution in [3.63, 3.8) is 0 Å². The van der Waals surface area contributed by atoms with Gasteiger partial charge in [-0.3, -0.25) is 0 Å². The Morgan fingerprint density at radius 3 is 2.80 bits per heavy atom. The van der Waals surface area contributed by atoms with Crippen molar-refractivity contribution in [2.75, 3.05) is 5.73 Å². The summed E-state index contributed by atoms with van der Waals surface area (Å²) >= 11 is 3.51. The average molecular weight is 332 g/mol. The SMILES string of the molecule is Cc1ccnc(N)c1CCc1nc2cccnc2n1Br. The maximum absolute atomic E-state index is 5.94. The molecule has 0 bridgehead atoms. The topological polar surface area (TPSA) is 69.6 Å². The van der Waals surface area contributed by atoms with Gasteiger partial charge in [0.05, 0.1) is 16.1 Å². The van der Waals surface area contributed by atoms with Crippen molar-refractivity contribution in [3.8, 4) is 0 Å². The molecule has 3 aromatic rings. The molecule has 2 N–H and O–H groups in total. The molecular weight excluding hydrogens is 318 g/mol. The van der Waals surface area contributed by atoms with Gasteiger partial charge in [0.1, 0.15) is 17.2 Å². The summed E-state index contributed by atoms with van der Waals surface area (Å²) in [5.41, 5.74) is 9.90. The molecule has 0 saturated heterocycles. The van der Waals surface area contributed by atoms with Crippen LogP contribution in [0.15, 0.2) is 30.6 Å². The average Bonchev–Trinajstić information content (AvgIpc) is 2.76. The van der Waals surface area contributed by atoms with E-state index in [0.717, 1.165) is 41.0 Å². The molecule has 5 nitrogen and oxygen atoms in total. The molecule has 0 spiro atoms. The molecule has 0 unspecified atom stereocenters. The van der Waals surface area contributed by atoms with E-state index in [1.54, 1.807) is 12.4 Å². The Labute approximate surface area is 125 Å². The normalized spacial score (nSPS) is 11.1. The highest BCUT2D eigenvalue weighted by Crippen LogP contribution is 2.20. The van der Waals surface area contributed by atoms with E-state index >= 15 is 0 Å². The molecule has 3 rings (SSSR count). The monoisotopic (exact) mass is 331 g/mol. The fourth-order valence-corrected chi connectivity index (χ4v) is 2.79. The highest BCUT2D eigenvalue weighted by molar-refractivity contribution is 9.08. The van der Waals surface area contributed by atoms with Crippen molar-refractivity contribution in [3.05, 3.63) is 47.5 Å². The first kappa shape index (κ1) is 13.1. The van der Waals surface area contributed by atoms with Crippen molar-refractivity contribution < 1.29 is 0 Å². The predicted octanol–water partition coefficient (Wildman–Crippen LogP) is 2.66. The van der Waals surface area contributed by atoms with Crippen LogP contribution in [0.2, 0.25) is 0 Å². The zero-order chi connectivity index (χ0) is 14.1. The van der Waals surface area contributed by atoms with E-state index in [-0.39, 0.29) is 0 Å². The minimum Gasteiger partial charge on any atom is -0.383 e. The highest BCUT2D eigenvalue weighted by Gasteiger charge is 2.11. The Morgan fingerprint density at radius 1 is 1.20 bits per heavy atom. The van der Waals surface area contributed by atoms with E-state index in [1.165, 1.54) is 0 Å². The zero-order valence-electron chi connectivity index (χ0n) is 11.0. The molecule has 0 aliphatic heterocycles. The molecule has 0 radical (unpaired) electrons. The molecule has 0 fully saturated rings. The van der Waals surface area contributed by atoms with Crippen molar-refractivity contribution in [1.29, 1.82) is 0 Å². The summed E-state index contributed by atoms with van der Waals surface area (Å²) < 4.78 is 1.85. The third-order valence-corrected chi connectivity index (χ3v) is 4.10. The number of aromatic nitrogens is 4. The number of imidazole rings is 1. The Morgan fingerprint density at radius 2 is 2.05 bits per heavy atom. The van der Waals surface area contributed by atoms with E-state index < -0.39 is 0 Å². The second-order valence-electron chi connectivity index (χ2n) is 4.65. The van der Waals surface area contributed by atoms with Gasteiger partial charge < -0.3 is 5.73 Å². The van der Waals surface area contributed by atoms with Gasteiger partial charge in [-0.15, -0.1) is 0 Å². The van der Waals surface area contributed by atoms with Crippen molar-refractivity contribution in [2.24, 2.45) is 0 Å². The number of rotatable bonds is 3. The maximum Gasteiger partial charge on any atom is 0.170 e. The largest absolute Gasteiger partial charge is 0.383 e. The van der Waals surface area contributed by atoms with Gasteiger partial charge in [-0.05, 0) is 42.7 Å². The summed E-state index contributed by atoms with van der Waals surface area (Å²) in [6.45, 7) is 2.05. The second-order valence-corrected chi connectivity index (χ2v) is 5.36. The van der Waals surface area contributed by atoms with E-state index in [4.69, 9.17) is 5.73 Å². The Balaban J connectivity index is 1.89. The molecule has 0 atom stereocenters. The lowest BCUT2D eigenvalue weighted by Crippen LogP contribution is -2.04. The summed E-state index contributed by atoms with van der Waals surface area (Å²) in [7, 11) is 0. The smallest absolute Gasteiger partial charge is 0.170 e. The first-order valence-corrected chi connectivity index (χ1v) is 7.06. The van der Waals surface area contributed by atoms with E-state index in [0.29, 0.717) is 5.82 Å². The van der Waals surface area contributed by atoms with Gasteiger partial charge in [0, 0.05) is 18.8 Å². The summed E-state index contributed by atoms with van der Waals surface area (Å²) in [6, 6.07) is 5.81. The first-order chi connectivity index (χ1) is 9.66. The van der Waals surface area contributed by atoms with Gasteiger partial charge in [0.15, 0.2) is 5.65 Å². The van der Waals surface area contributed by atoms with Gasteiger partial charge in [0.2, 0.25) is 0 Å². The summed E-state index contributed by atoms with van der Waals surface area (Å²) in [5.74, 6) is 1.53.